The summed E-state index contributed by atoms with van der Waals surface area (Å²) in [6, 6.07) is 1.43. The minimum atomic E-state index is -0.413. The Morgan fingerprint density at radius 2 is 2.24 bits per heavy atom. The lowest BCUT2D eigenvalue weighted by molar-refractivity contribution is -0.385. The van der Waals surface area contributed by atoms with Gasteiger partial charge in [-0.05, 0) is 20.8 Å². The summed E-state index contributed by atoms with van der Waals surface area (Å²) in [6.45, 7) is 6.02. The molecule has 0 amide bonds. The van der Waals surface area contributed by atoms with E-state index in [9.17, 15) is 10.1 Å². The van der Waals surface area contributed by atoms with Gasteiger partial charge in [0.1, 0.15) is 5.82 Å². The van der Waals surface area contributed by atoms with Gasteiger partial charge < -0.3 is 10.1 Å². The number of nitrogens with one attached hydrogen (secondary N) is 1. The lowest BCUT2D eigenvalue weighted by Gasteiger charge is -2.23. The average molecular weight is 239 g/mol. The lowest BCUT2D eigenvalue weighted by Crippen LogP contribution is -2.32. The van der Waals surface area contributed by atoms with E-state index in [1.54, 1.807) is 14.0 Å². The van der Waals surface area contributed by atoms with Crippen LogP contribution in [0.4, 0.5) is 11.5 Å². The molecule has 0 aromatic carbocycles. The number of methoxy groups -OCH3 is 1. The molecule has 0 bridgehead atoms. The van der Waals surface area contributed by atoms with Gasteiger partial charge in [-0.25, -0.2) is 4.98 Å². The summed E-state index contributed by atoms with van der Waals surface area (Å²) in [5.74, 6) is 0.479. The zero-order chi connectivity index (χ0) is 13.1. The van der Waals surface area contributed by atoms with Crippen molar-refractivity contribution in [1.82, 2.24) is 4.98 Å². The molecule has 0 unspecified atom stereocenters. The summed E-state index contributed by atoms with van der Waals surface area (Å²) in [5.41, 5.74) is 0.269. The number of hydrogen-bond acceptors (Lipinski definition) is 5. The van der Waals surface area contributed by atoms with Crippen LogP contribution < -0.4 is 5.32 Å². The van der Waals surface area contributed by atoms with Crippen molar-refractivity contribution in [3.05, 3.63) is 27.9 Å². The standard InChI is InChI=1S/C11H17N3O3/c1-8-6-12-10(5-9(8)14(15)16)13-7-11(2,3)17-4/h5-6H,7H2,1-4H3,(H,12,13). The van der Waals surface area contributed by atoms with Crippen LogP contribution in [0.2, 0.25) is 0 Å². The highest BCUT2D eigenvalue weighted by Crippen LogP contribution is 2.20. The Bertz CT molecular complexity index is 418. The van der Waals surface area contributed by atoms with Gasteiger partial charge in [-0.15, -0.1) is 0 Å². The summed E-state index contributed by atoms with van der Waals surface area (Å²) in [7, 11) is 1.62. The molecule has 1 aromatic rings. The molecule has 1 heterocycles. The number of pyridine rings is 1. The highest BCUT2D eigenvalue weighted by molar-refractivity contribution is 5.49. The minimum Gasteiger partial charge on any atom is -0.377 e. The van der Waals surface area contributed by atoms with Gasteiger partial charge in [-0.3, -0.25) is 10.1 Å². The van der Waals surface area contributed by atoms with Crippen molar-refractivity contribution >= 4 is 11.5 Å². The van der Waals surface area contributed by atoms with E-state index in [0.29, 0.717) is 17.9 Å². The highest BCUT2D eigenvalue weighted by Gasteiger charge is 2.17. The maximum Gasteiger partial charge on any atom is 0.277 e. The Kier molecular flexibility index (Phi) is 4.01. The minimum absolute atomic E-state index is 0.0673. The predicted octanol–water partition coefficient (Wildman–Crippen LogP) is 2.14. The monoisotopic (exact) mass is 239 g/mol. The van der Waals surface area contributed by atoms with Crippen LogP contribution in [0.3, 0.4) is 0 Å². The van der Waals surface area contributed by atoms with Crippen molar-refractivity contribution in [1.29, 1.82) is 0 Å². The van der Waals surface area contributed by atoms with Crippen molar-refractivity contribution in [3.8, 4) is 0 Å². The smallest absolute Gasteiger partial charge is 0.277 e. The molecule has 17 heavy (non-hydrogen) atoms. The van der Waals surface area contributed by atoms with E-state index in [0.717, 1.165) is 0 Å². The molecule has 0 radical (unpaired) electrons. The van der Waals surface area contributed by atoms with E-state index in [-0.39, 0.29) is 11.3 Å². The summed E-state index contributed by atoms with van der Waals surface area (Å²) in [5, 5.41) is 13.8. The number of anilines is 1. The maximum absolute atomic E-state index is 10.8. The average Bonchev–Trinajstić information content (AvgIpc) is 2.27. The van der Waals surface area contributed by atoms with E-state index in [1.807, 2.05) is 13.8 Å². The van der Waals surface area contributed by atoms with Gasteiger partial charge >= 0.3 is 0 Å². The Morgan fingerprint density at radius 1 is 1.59 bits per heavy atom. The molecule has 1 N–H and O–H groups in total. The summed E-state index contributed by atoms with van der Waals surface area (Å²) >= 11 is 0. The molecule has 94 valence electrons. The second-order valence-electron chi connectivity index (χ2n) is 4.43. The summed E-state index contributed by atoms with van der Waals surface area (Å²) in [4.78, 5) is 14.4. The van der Waals surface area contributed by atoms with Crippen molar-refractivity contribution in [3.63, 3.8) is 0 Å². The Morgan fingerprint density at radius 3 is 2.76 bits per heavy atom. The van der Waals surface area contributed by atoms with E-state index in [1.165, 1.54) is 12.3 Å². The molecule has 0 saturated carbocycles. The second-order valence-corrected chi connectivity index (χ2v) is 4.43. The molecule has 0 spiro atoms. The van der Waals surface area contributed by atoms with Crippen LogP contribution in [-0.2, 0) is 4.74 Å². The summed E-state index contributed by atoms with van der Waals surface area (Å²) in [6.07, 6.45) is 1.49. The number of ether oxygens (including phenoxy) is 1. The Labute approximate surface area is 100 Å². The molecular formula is C11H17N3O3. The van der Waals surface area contributed by atoms with Gasteiger partial charge in [-0.2, -0.15) is 0 Å². The zero-order valence-corrected chi connectivity index (χ0v) is 10.5. The number of nitro groups is 1. The predicted molar refractivity (Wildman–Crippen MR) is 65.2 cm³/mol. The number of hydrogen-bond donors (Lipinski definition) is 1. The quantitative estimate of drug-likeness (QED) is 0.629. The molecule has 0 aliphatic carbocycles. The first kappa shape index (κ1) is 13.4. The molecule has 0 saturated heterocycles. The molecule has 0 aliphatic rings. The van der Waals surface area contributed by atoms with Gasteiger partial charge in [0.25, 0.3) is 5.69 Å². The van der Waals surface area contributed by atoms with Gasteiger partial charge in [-0.1, -0.05) is 0 Å². The highest BCUT2D eigenvalue weighted by atomic mass is 16.6. The van der Waals surface area contributed by atoms with E-state index in [4.69, 9.17) is 4.74 Å². The number of aryl methyl sites for hydroxylation is 1. The molecular weight excluding hydrogens is 222 g/mol. The molecule has 1 rings (SSSR count). The first-order valence-corrected chi connectivity index (χ1v) is 5.26. The SMILES string of the molecule is COC(C)(C)CNc1cc([N+](=O)[O-])c(C)cn1. The second kappa shape index (κ2) is 5.09. The van der Waals surface area contributed by atoms with Crippen LogP contribution in [0.1, 0.15) is 19.4 Å². The van der Waals surface area contributed by atoms with Gasteiger partial charge in [0.05, 0.1) is 16.6 Å². The molecule has 6 nitrogen and oxygen atoms in total. The molecule has 0 atom stereocenters. The van der Waals surface area contributed by atoms with Crippen LogP contribution in [-0.4, -0.2) is 29.2 Å². The normalized spacial score (nSPS) is 11.3. The fraction of sp³-hybridized carbons (Fsp3) is 0.545. The third-order valence-corrected chi connectivity index (χ3v) is 2.52. The van der Waals surface area contributed by atoms with Crippen molar-refractivity contribution in [2.24, 2.45) is 0 Å². The third-order valence-electron chi connectivity index (χ3n) is 2.52. The maximum atomic E-state index is 10.8. The first-order chi connectivity index (χ1) is 7.85. The van der Waals surface area contributed by atoms with Crippen LogP contribution in [0.25, 0.3) is 0 Å². The lowest BCUT2D eigenvalue weighted by atomic mass is 10.1. The van der Waals surface area contributed by atoms with Crippen molar-refractivity contribution < 1.29 is 9.66 Å². The third kappa shape index (κ3) is 3.67. The molecule has 6 heteroatoms. The van der Waals surface area contributed by atoms with Gasteiger partial charge in [0.2, 0.25) is 0 Å². The zero-order valence-electron chi connectivity index (χ0n) is 10.5. The first-order valence-electron chi connectivity index (χ1n) is 5.26. The van der Waals surface area contributed by atoms with Crippen LogP contribution in [0, 0.1) is 17.0 Å². The van der Waals surface area contributed by atoms with Crippen molar-refractivity contribution in [2.75, 3.05) is 19.0 Å². The topological polar surface area (TPSA) is 77.3 Å². The number of aromatic nitrogens is 1. The molecule has 0 aliphatic heterocycles. The van der Waals surface area contributed by atoms with Gasteiger partial charge in [0.15, 0.2) is 0 Å². The van der Waals surface area contributed by atoms with Crippen LogP contribution in [0.15, 0.2) is 12.3 Å². The molecule has 1 aromatic heterocycles. The van der Waals surface area contributed by atoms with E-state index < -0.39 is 4.92 Å². The van der Waals surface area contributed by atoms with Crippen LogP contribution in [0.5, 0.6) is 0 Å². The fourth-order valence-corrected chi connectivity index (χ4v) is 1.18. The largest absolute Gasteiger partial charge is 0.377 e. The fourth-order valence-electron chi connectivity index (χ4n) is 1.18. The van der Waals surface area contributed by atoms with E-state index >= 15 is 0 Å². The Balaban J connectivity index is 2.80. The Hall–Kier alpha value is -1.69. The summed E-state index contributed by atoms with van der Waals surface area (Å²) < 4.78 is 5.24. The van der Waals surface area contributed by atoms with Crippen molar-refractivity contribution in [2.45, 2.75) is 26.4 Å². The van der Waals surface area contributed by atoms with Gasteiger partial charge in [0, 0.05) is 25.4 Å². The van der Waals surface area contributed by atoms with Crippen LogP contribution >= 0.6 is 0 Å². The molecule has 0 fully saturated rings. The number of nitrogens with zero attached hydrogens (tertiary/aromatic N) is 2. The van der Waals surface area contributed by atoms with E-state index in [2.05, 4.69) is 10.3 Å². The number of rotatable bonds is 5.